The fourth-order valence-electron chi connectivity index (χ4n) is 2.15. The fraction of sp³-hybridized carbons (Fsp3) is 0.0714. The summed E-state index contributed by atoms with van der Waals surface area (Å²) in [5.74, 6) is -0.587. The Labute approximate surface area is 113 Å². The van der Waals surface area contributed by atoms with Gasteiger partial charge in [-0.1, -0.05) is 23.7 Å². The number of hydrogen-bond acceptors (Lipinski definition) is 2. The van der Waals surface area contributed by atoms with Gasteiger partial charge in [0.2, 0.25) is 0 Å². The molecule has 2 heterocycles. The van der Waals surface area contributed by atoms with Gasteiger partial charge in [0.15, 0.2) is 0 Å². The highest BCUT2D eigenvalue weighted by atomic mass is 35.5. The SMILES string of the molecule is O=C(O)c1ccoc1Cn1ccc2cccc(Cl)c21. The van der Waals surface area contributed by atoms with E-state index in [9.17, 15) is 4.79 Å². The molecule has 1 aromatic carbocycles. The number of furan rings is 1. The lowest BCUT2D eigenvalue weighted by atomic mass is 10.2. The zero-order chi connectivity index (χ0) is 13.4. The average Bonchev–Trinajstić information content (AvgIpc) is 2.98. The normalized spacial score (nSPS) is 11.0. The van der Waals surface area contributed by atoms with E-state index in [1.165, 1.54) is 12.3 Å². The molecule has 19 heavy (non-hydrogen) atoms. The molecule has 4 nitrogen and oxygen atoms in total. The number of aromatic carboxylic acids is 1. The topological polar surface area (TPSA) is 55.4 Å². The second kappa shape index (κ2) is 4.48. The zero-order valence-corrected chi connectivity index (χ0v) is 10.6. The van der Waals surface area contributed by atoms with Gasteiger partial charge in [-0.3, -0.25) is 0 Å². The van der Waals surface area contributed by atoms with Crippen molar-refractivity contribution in [1.82, 2.24) is 4.57 Å². The first-order valence-electron chi connectivity index (χ1n) is 5.70. The summed E-state index contributed by atoms with van der Waals surface area (Å²) in [4.78, 5) is 11.0. The van der Waals surface area contributed by atoms with Gasteiger partial charge >= 0.3 is 5.97 Å². The molecule has 5 heteroatoms. The van der Waals surface area contributed by atoms with E-state index >= 15 is 0 Å². The van der Waals surface area contributed by atoms with Crippen molar-refractivity contribution in [3.05, 3.63) is 59.1 Å². The monoisotopic (exact) mass is 275 g/mol. The van der Waals surface area contributed by atoms with Crippen molar-refractivity contribution in [2.45, 2.75) is 6.54 Å². The highest BCUT2D eigenvalue weighted by Crippen LogP contribution is 2.25. The van der Waals surface area contributed by atoms with Crippen molar-refractivity contribution in [2.75, 3.05) is 0 Å². The summed E-state index contributed by atoms with van der Waals surface area (Å²) in [6.07, 6.45) is 3.25. The van der Waals surface area contributed by atoms with E-state index in [4.69, 9.17) is 21.1 Å². The minimum Gasteiger partial charge on any atom is -0.478 e. The molecule has 0 saturated heterocycles. The van der Waals surface area contributed by atoms with Crippen LogP contribution in [0.15, 0.2) is 47.2 Å². The summed E-state index contributed by atoms with van der Waals surface area (Å²) in [5, 5.41) is 10.7. The minimum absolute atomic E-state index is 0.175. The van der Waals surface area contributed by atoms with E-state index in [-0.39, 0.29) is 5.56 Å². The van der Waals surface area contributed by atoms with Crippen molar-refractivity contribution in [2.24, 2.45) is 0 Å². The summed E-state index contributed by atoms with van der Waals surface area (Å²) < 4.78 is 7.12. The number of hydrogen-bond donors (Lipinski definition) is 1. The Morgan fingerprint density at radius 2 is 2.16 bits per heavy atom. The summed E-state index contributed by atoms with van der Waals surface area (Å²) >= 11 is 6.18. The molecule has 0 spiro atoms. The van der Waals surface area contributed by atoms with Crippen LogP contribution >= 0.6 is 11.6 Å². The molecule has 0 bridgehead atoms. The number of halogens is 1. The largest absolute Gasteiger partial charge is 0.478 e. The summed E-state index contributed by atoms with van der Waals surface area (Å²) in [6, 6.07) is 9.03. The summed E-state index contributed by atoms with van der Waals surface area (Å²) in [6.45, 7) is 0.335. The maximum absolute atomic E-state index is 11.0. The van der Waals surface area contributed by atoms with E-state index in [0.29, 0.717) is 17.3 Å². The second-order valence-corrected chi connectivity index (χ2v) is 4.59. The Morgan fingerprint density at radius 1 is 1.32 bits per heavy atom. The number of aromatic nitrogens is 1. The number of nitrogens with zero attached hydrogens (tertiary/aromatic N) is 1. The first-order valence-corrected chi connectivity index (χ1v) is 6.07. The van der Waals surface area contributed by atoms with Gasteiger partial charge < -0.3 is 14.1 Å². The predicted molar refractivity (Wildman–Crippen MR) is 71.7 cm³/mol. The molecular formula is C14H10ClNO3. The van der Waals surface area contributed by atoms with Crippen LogP contribution in [0.25, 0.3) is 10.9 Å². The molecule has 1 N–H and O–H groups in total. The number of benzene rings is 1. The van der Waals surface area contributed by atoms with Crippen LogP contribution in [0.1, 0.15) is 16.1 Å². The van der Waals surface area contributed by atoms with Gasteiger partial charge in [0.25, 0.3) is 0 Å². The lowest BCUT2D eigenvalue weighted by molar-refractivity contribution is 0.0694. The summed E-state index contributed by atoms with van der Waals surface area (Å²) in [7, 11) is 0. The van der Waals surface area contributed by atoms with Gasteiger partial charge in [0.05, 0.1) is 23.3 Å². The van der Waals surface area contributed by atoms with Gasteiger partial charge in [-0.05, 0) is 18.2 Å². The van der Waals surface area contributed by atoms with E-state index in [2.05, 4.69) is 0 Å². The highest BCUT2D eigenvalue weighted by molar-refractivity contribution is 6.35. The Morgan fingerprint density at radius 3 is 2.95 bits per heavy atom. The number of carboxylic acid groups (broad SMARTS) is 1. The lowest BCUT2D eigenvalue weighted by Gasteiger charge is -2.05. The molecule has 96 valence electrons. The van der Waals surface area contributed by atoms with E-state index in [1.807, 2.05) is 29.0 Å². The number of para-hydroxylation sites is 1. The van der Waals surface area contributed by atoms with Crippen molar-refractivity contribution >= 4 is 28.5 Å². The van der Waals surface area contributed by atoms with Crippen molar-refractivity contribution in [3.63, 3.8) is 0 Å². The Bertz CT molecular complexity index is 757. The highest BCUT2D eigenvalue weighted by Gasteiger charge is 2.15. The number of rotatable bonds is 3. The number of fused-ring (bicyclic) bond motifs is 1. The molecule has 0 aliphatic carbocycles. The van der Waals surface area contributed by atoms with Crippen LogP contribution < -0.4 is 0 Å². The van der Waals surface area contributed by atoms with Gasteiger partial charge in [-0.15, -0.1) is 0 Å². The molecule has 0 saturated carbocycles. The van der Waals surface area contributed by atoms with E-state index < -0.39 is 5.97 Å². The zero-order valence-electron chi connectivity index (χ0n) is 9.84. The van der Waals surface area contributed by atoms with Gasteiger partial charge in [-0.2, -0.15) is 0 Å². The third kappa shape index (κ3) is 2.00. The number of carboxylic acids is 1. The minimum atomic E-state index is -0.994. The Kier molecular flexibility index (Phi) is 2.80. The smallest absolute Gasteiger partial charge is 0.339 e. The molecule has 0 aliphatic heterocycles. The van der Waals surface area contributed by atoms with Gasteiger partial charge in [0, 0.05) is 11.6 Å². The van der Waals surface area contributed by atoms with Crippen LogP contribution in [-0.4, -0.2) is 15.6 Å². The molecule has 0 atom stereocenters. The van der Waals surface area contributed by atoms with Crippen LogP contribution in [0.4, 0.5) is 0 Å². The fourth-order valence-corrected chi connectivity index (χ4v) is 2.44. The van der Waals surface area contributed by atoms with Crippen LogP contribution in [0.3, 0.4) is 0 Å². The van der Waals surface area contributed by atoms with E-state index in [0.717, 1.165) is 10.9 Å². The number of carbonyl (C=O) groups is 1. The maximum atomic E-state index is 11.0. The molecule has 0 radical (unpaired) electrons. The first kappa shape index (κ1) is 11.9. The third-order valence-electron chi connectivity index (χ3n) is 3.03. The van der Waals surface area contributed by atoms with Crippen LogP contribution in [0, 0.1) is 0 Å². The van der Waals surface area contributed by atoms with Crippen molar-refractivity contribution < 1.29 is 14.3 Å². The average molecular weight is 276 g/mol. The standard InChI is InChI=1S/C14H10ClNO3/c15-11-3-1-2-9-4-6-16(13(9)11)8-12-10(14(17)18)5-7-19-12/h1-7H,8H2,(H,17,18). The molecule has 0 fully saturated rings. The molecule has 2 aromatic heterocycles. The third-order valence-corrected chi connectivity index (χ3v) is 3.33. The van der Waals surface area contributed by atoms with Crippen LogP contribution in [0.5, 0.6) is 0 Å². The second-order valence-electron chi connectivity index (χ2n) is 4.18. The Balaban J connectivity index is 2.06. The first-order chi connectivity index (χ1) is 9.16. The molecule has 0 unspecified atom stereocenters. The van der Waals surface area contributed by atoms with Gasteiger partial charge in [0.1, 0.15) is 11.3 Å². The maximum Gasteiger partial charge on any atom is 0.339 e. The van der Waals surface area contributed by atoms with E-state index in [1.54, 1.807) is 6.07 Å². The molecular weight excluding hydrogens is 266 g/mol. The van der Waals surface area contributed by atoms with Crippen molar-refractivity contribution in [3.8, 4) is 0 Å². The van der Waals surface area contributed by atoms with Crippen molar-refractivity contribution in [1.29, 1.82) is 0 Å². The molecule has 3 rings (SSSR count). The quantitative estimate of drug-likeness (QED) is 0.794. The predicted octanol–water partition coefficient (Wildman–Crippen LogP) is 3.63. The Hall–Kier alpha value is -2.20. The van der Waals surface area contributed by atoms with Crippen LogP contribution in [0.2, 0.25) is 5.02 Å². The van der Waals surface area contributed by atoms with Crippen LogP contribution in [-0.2, 0) is 6.54 Å². The molecule has 3 aromatic rings. The molecule has 0 aliphatic rings. The lowest BCUT2D eigenvalue weighted by Crippen LogP contribution is -2.03. The van der Waals surface area contributed by atoms with Gasteiger partial charge in [-0.25, -0.2) is 4.79 Å². The summed E-state index contributed by atoms with van der Waals surface area (Å²) in [5.41, 5.74) is 1.05. The molecule has 0 amide bonds.